The molecule has 0 aliphatic heterocycles. The third-order valence-corrected chi connectivity index (χ3v) is 2.65. The summed E-state index contributed by atoms with van der Waals surface area (Å²) >= 11 is 0. The minimum Gasteiger partial charge on any atom is -0.424 e. The molecule has 0 N–H and O–H groups in total. The van der Waals surface area contributed by atoms with Crippen molar-refractivity contribution in [1.29, 1.82) is 0 Å². The molecule has 0 aliphatic carbocycles. The minimum absolute atomic E-state index is 0.154. The fraction of sp³-hybridized carbons (Fsp3) is 0.900. The largest absolute Gasteiger partial charge is 0.424 e. The molecule has 0 aromatic carbocycles. The van der Waals surface area contributed by atoms with E-state index in [1.807, 2.05) is 0 Å². The number of rotatable bonds is 8. The second kappa shape index (κ2) is 7.05. The lowest BCUT2D eigenvalue weighted by molar-refractivity contribution is -0.399. The van der Waals surface area contributed by atoms with Gasteiger partial charge in [-0.1, -0.05) is 0 Å². The van der Waals surface area contributed by atoms with E-state index >= 15 is 0 Å². The Morgan fingerprint density at radius 1 is 0.760 bits per heavy atom. The Hall–Kier alpha value is -1.44. The van der Waals surface area contributed by atoms with E-state index < -0.39 is 54.8 Å². The van der Waals surface area contributed by atoms with Gasteiger partial charge in [0, 0.05) is 6.92 Å². The predicted molar refractivity (Wildman–Crippen MR) is 52.2 cm³/mol. The van der Waals surface area contributed by atoms with Crippen LogP contribution in [0, 0.1) is 0 Å². The lowest BCUT2D eigenvalue weighted by atomic mass is 9.93. The summed E-state index contributed by atoms with van der Waals surface area (Å²) in [4.78, 5) is 10.2. The standard InChI is InChI=1S/C10H7F13O2/c1-2(24)25-6(15)8(18,19)10(22,23)9(20,21)7(16,17)4(12)3(11)5(13)14/h3-6H,1H3. The Labute approximate surface area is 129 Å². The van der Waals surface area contributed by atoms with Gasteiger partial charge in [-0.2, -0.15) is 39.5 Å². The normalized spacial score (nSPS) is 18.0. The van der Waals surface area contributed by atoms with Crippen molar-refractivity contribution in [3.8, 4) is 0 Å². The summed E-state index contributed by atoms with van der Waals surface area (Å²) in [6, 6.07) is 0. The molecule has 0 aromatic heterocycles. The van der Waals surface area contributed by atoms with E-state index in [1.54, 1.807) is 0 Å². The van der Waals surface area contributed by atoms with Gasteiger partial charge in [0.15, 0.2) is 6.17 Å². The first-order valence-corrected chi connectivity index (χ1v) is 5.74. The first kappa shape index (κ1) is 23.6. The van der Waals surface area contributed by atoms with Crippen LogP contribution in [0.4, 0.5) is 57.1 Å². The van der Waals surface area contributed by atoms with Crippen LogP contribution in [-0.2, 0) is 9.53 Å². The van der Waals surface area contributed by atoms with Gasteiger partial charge in [-0.3, -0.25) is 4.79 Å². The van der Waals surface area contributed by atoms with Crippen molar-refractivity contribution in [2.75, 3.05) is 0 Å². The van der Waals surface area contributed by atoms with E-state index in [4.69, 9.17) is 0 Å². The van der Waals surface area contributed by atoms with E-state index in [-0.39, 0.29) is 6.92 Å². The predicted octanol–water partition coefficient (Wildman–Crippen LogP) is 4.33. The number of carbonyl (C=O) groups excluding carboxylic acids is 1. The highest BCUT2D eigenvalue weighted by molar-refractivity contribution is 5.66. The van der Waals surface area contributed by atoms with Crippen LogP contribution in [0.3, 0.4) is 0 Å². The lowest BCUT2D eigenvalue weighted by Crippen LogP contribution is -2.68. The SMILES string of the molecule is CC(=O)OC(F)C(F)(F)C(F)(F)C(F)(F)C(F)(F)C(F)C(F)C(F)F. The van der Waals surface area contributed by atoms with E-state index in [2.05, 4.69) is 4.74 Å². The van der Waals surface area contributed by atoms with E-state index in [9.17, 15) is 61.9 Å². The second-order valence-corrected chi connectivity index (χ2v) is 4.50. The molecule has 0 saturated heterocycles. The molecule has 3 atom stereocenters. The molecule has 2 nitrogen and oxygen atoms in total. The molecule has 150 valence electrons. The van der Waals surface area contributed by atoms with E-state index in [0.717, 1.165) is 0 Å². The average molecular weight is 406 g/mol. The maximum absolute atomic E-state index is 13.1. The fourth-order valence-corrected chi connectivity index (χ4v) is 1.28. The quantitative estimate of drug-likeness (QED) is 0.443. The van der Waals surface area contributed by atoms with Crippen LogP contribution >= 0.6 is 0 Å². The maximum Gasteiger partial charge on any atom is 0.385 e. The van der Waals surface area contributed by atoms with Crippen LogP contribution in [0.2, 0.25) is 0 Å². The summed E-state index contributed by atoms with van der Waals surface area (Å²) in [6.07, 6.45) is -19.7. The molecule has 0 heterocycles. The zero-order valence-corrected chi connectivity index (χ0v) is 11.5. The van der Waals surface area contributed by atoms with Gasteiger partial charge in [0.2, 0.25) is 6.17 Å². The second-order valence-electron chi connectivity index (χ2n) is 4.50. The van der Waals surface area contributed by atoms with Crippen LogP contribution in [0.5, 0.6) is 0 Å². The highest BCUT2D eigenvalue weighted by atomic mass is 19.4. The highest BCUT2D eigenvalue weighted by Gasteiger charge is 2.85. The van der Waals surface area contributed by atoms with Crippen molar-refractivity contribution in [3.63, 3.8) is 0 Å². The summed E-state index contributed by atoms with van der Waals surface area (Å²) in [6.45, 7) is 0.154. The Morgan fingerprint density at radius 3 is 1.44 bits per heavy atom. The van der Waals surface area contributed by atoms with Gasteiger partial charge in [0.1, 0.15) is 0 Å². The van der Waals surface area contributed by atoms with Crippen molar-refractivity contribution in [2.45, 2.75) is 55.7 Å². The molecular formula is C10H7F13O2. The summed E-state index contributed by atoms with van der Waals surface area (Å²) in [5.74, 6) is -31.1. The number of hydrogen-bond acceptors (Lipinski definition) is 2. The number of halogens is 13. The Bertz CT molecular complexity index is 477. The molecule has 15 heteroatoms. The number of alkyl halides is 13. The van der Waals surface area contributed by atoms with E-state index in [1.165, 1.54) is 0 Å². The monoisotopic (exact) mass is 406 g/mol. The Kier molecular flexibility index (Phi) is 6.65. The molecular weight excluding hydrogens is 399 g/mol. The van der Waals surface area contributed by atoms with Gasteiger partial charge in [0.05, 0.1) is 0 Å². The Balaban J connectivity index is 5.97. The first-order valence-electron chi connectivity index (χ1n) is 5.74. The third-order valence-electron chi connectivity index (χ3n) is 2.65. The summed E-state index contributed by atoms with van der Waals surface area (Å²) in [5.41, 5.74) is 0. The van der Waals surface area contributed by atoms with Crippen molar-refractivity contribution in [1.82, 2.24) is 0 Å². The molecule has 3 unspecified atom stereocenters. The molecule has 0 amide bonds. The van der Waals surface area contributed by atoms with Gasteiger partial charge in [0.25, 0.3) is 6.43 Å². The molecule has 0 aromatic rings. The van der Waals surface area contributed by atoms with Crippen molar-refractivity contribution in [3.05, 3.63) is 0 Å². The Morgan fingerprint density at radius 2 is 1.12 bits per heavy atom. The van der Waals surface area contributed by atoms with Crippen LogP contribution in [0.1, 0.15) is 6.92 Å². The van der Waals surface area contributed by atoms with Crippen molar-refractivity contribution >= 4 is 5.97 Å². The third kappa shape index (κ3) is 3.88. The summed E-state index contributed by atoms with van der Waals surface area (Å²) in [5, 5.41) is 0. The number of ether oxygens (including phenoxy) is 1. The minimum atomic E-state index is -7.56. The number of esters is 1. The zero-order chi connectivity index (χ0) is 20.6. The summed E-state index contributed by atoms with van der Waals surface area (Å²) in [7, 11) is 0. The van der Waals surface area contributed by atoms with Crippen LogP contribution < -0.4 is 0 Å². The molecule has 0 aliphatic rings. The van der Waals surface area contributed by atoms with Gasteiger partial charge >= 0.3 is 36.0 Å². The van der Waals surface area contributed by atoms with E-state index in [0.29, 0.717) is 0 Å². The number of hydrogen-bond donors (Lipinski definition) is 0. The fourth-order valence-electron chi connectivity index (χ4n) is 1.28. The molecule has 0 fully saturated rings. The van der Waals surface area contributed by atoms with Crippen LogP contribution in [-0.4, -0.2) is 54.8 Å². The zero-order valence-electron chi connectivity index (χ0n) is 11.5. The van der Waals surface area contributed by atoms with Gasteiger partial charge in [-0.05, 0) is 0 Å². The molecule has 0 rings (SSSR count). The molecule has 0 spiro atoms. The van der Waals surface area contributed by atoms with Gasteiger partial charge < -0.3 is 4.74 Å². The average Bonchev–Trinajstić information content (AvgIpc) is 2.43. The lowest BCUT2D eigenvalue weighted by Gasteiger charge is -2.38. The van der Waals surface area contributed by atoms with Gasteiger partial charge in [-0.25, -0.2) is 17.6 Å². The first-order chi connectivity index (χ1) is 10.9. The van der Waals surface area contributed by atoms with Crippen LogP contribution in [0.15, 0.2) is 0 Å². The van der Waals surface area contributed by atoms with Crippen molar-refractivity contribution < 1.29 is 66.6 Å². The topological polar surface area (TPSA) is 26.3 Å². The molecule has 0 bridgehead atoms. The number of carbonyl (C=O) groups is 1. The smallest absolute Gasteiger partial charge is 0.385 e. The van der Waals surface area contributed by atoms with Crippen LogP contribution in [0.25, 0.3) is 0 Å². The molecule has 25 heavy (non-hydrogen) atoms. The summed E-state index contributed by atoms with van der Waals surface area (Å²) < 4.78 is 169. The molecule has 0 radical (unpaired) electrons. The van der Waals surface area contributed by atoms with Gasteiger partial charge in [-0.15, -0.1) is 0 Å². The molecule has 0 saturated carbocycles. The maximum atomic E-state index is 13.1. The van der Waals surface area contributed by atoms with Crippen molar-refractivity contribution in [2.24, 2.45) is 0 Å². The highest BCUT2D eigenvalue weighted by Crippen LogP contribution is 2.56.